The highest BCUT2D eigenvalue weighted by molar-refractivity contribution is 6.01. The molecule has 224 valence electrons. The second kappa shape index (κ2) is 13.1. The van der Waals surface area contributed by atoms with E-state index in [1.54, 1.807) is 32.9 Å². The highest BCUT2D eigenvalue weighted by Gasteiger charge is 2.44. The molecule has 0 heterocycles. The molecular weight excluding hydrogens is 532 g/mol. The topological polar surface area (TPSA) is 131 Å². The first kappa shape index (κ1) is 32.1. The Bertz CT molecular complexity index is 1460. The summed E-state index contributed by atoms with van der Waals surface area (Å²) in [6, 6.07) is 18.3. The molecule has 3 aromatic carbocycles. The highest BCUT2D eigenvalue weighted by Crippen LogP contribution is 2.35. The number of hydrogen-bond donors (Lipinski definition) is 3. The fraction of sp³-hybridized carbons (Fsp3) is 0.394. The maximum Gasteiger partial charge on any atom is 0.408 e. The summed E-state index contributed by atoms with van der Waals surface area (Å²) in [5.74, 6) is -1.86. The van der Waals surface area contributed by atoms with Crippen molar-refractivity contribution < 1.29 is 23.9 Å². The van der Waals surface area contributed by atoms with Gasteiger partial charge in [0, 0.05) is 11.2 Å². The quantitative estimate of drug-likeness (QED) is 0.290. The van der Waals surface area contributed by atoms with Crippen LogP contribution in [0, 0.1) is 6.92 Å². The van der Waals surface area contributed by atoms with Crippen molar-refractivity contribution in [3.63, 3.8) is 0 Å². The molecule has 0 fully saturated rings. The third-order valence-corrected chi connectivity index (χ3v) is 7.16. The molecule has 0 radical (unpaired) electrons. The molecule has 0 aliphatic rings. The maximum atomic E-state index is 14.4. The van der Waals surface area contributed by atoms with E-state index in [2.05, 4.69) is 10.6 Å². The average Bonchev–Trinajstić information content (AvgIpc) is 2.90. The Kier molecular flexibility index (Phi) is 9.99. The lowest BCUT2D eigenvalue weighted by atomic mass is 9.90. The number of rotatable bonds is 10. The smallest absolute Gasteiger partial charge is 0.408 e. The second-order valence-electron chi connectivity index (χ2n) is 12.1. The molecule has 9 nitrogen and oxygen atoms in total. The van der Waals surface area contributed by atoms with Gasteiger partial charge in [0.25, 0.3) is 5.91 Å². The van der Waals surface area contributed by atoms with E-state index in [4.69, 9.17) is 10.5 Å². The minimum Gasteiger partial charge on any atom is -0.444 e. The van der Waals surface area contributed by atoms with Gasteiger partial charge in [0.05, 0.1) is 6.42 Å². The zero-order chi connectivity index (χ0) is 31.2. The summed E-state index contributed by atoms with van der Waals surface area (Å²) in [5, 5.41) is 7.51. The van der Waals surface area contributed by atoms with Gasteiger partial charge in [-0.25, -0.2) is 4.79 Å². The molecule has 0 saturated heterocycles. The van der Waals surface area contributed by atoms with E-state index < -0.39 is 53.5 Å². The Morgan fingerprint density at radius 3 is 2.12 bits per heavy atom. The van der Waals surface area contributed by atoms with Crippen molar-refractivity contribution in [3.05, 3.63) is 77.9 Å². The van der Waals surface area contributed by atoms with Crippen molar-refractivity contribution in [2.24, 2.45) is 5.73 Å². The van der Waals surface area contributed by atoms with E-state index in [1.165, 1.54) is 4.90 Å². The number of carbonyl (C=O) groups is 4. The van der Waals surface area contributed by atoms with Crippen molar-refractivity contribution in [1.29, 1.82) is 0 Å². The van der Waals surface area contributed by atoms with E-state index in [-0.39, 0.29) is 0 Å². The molecule has 2 unspecified atom stereocenters. The first-order valence-corrected chi connectivity index (χ1v) is 14.1. The molecule has 0 spiro atoms. The number of ether oxygens (including phenoxy) is 1. The molecule has 0 saturated carbocycles. The standard InChI is InChI=1S/C33H42N4O5/c1-8-33(6,7)37(30(40)26(20-27(34)38)36-31(41)42-32(3,4)5)28(25-16-12-9-13-21(25)2)29(39)35-24-18-17-22-14-10-11-15-23(22)19-24/h9-19,26,28H,8,20H2,1-7H3,(H2,34,38)(H,35,39)(H,36,41). The predicted octanol–water partition coefficient (Wildman–Crippen LogP) is 5.61. The van der Waals surface area contributed by atoms with Crippen LogP contribution in [0.4, 0.5) is 10.5 Å². The van der Waals surface area contributed by atoms with Crippen molar-refractivity contribution >= 4 is 40.3 Å². The number of primary amides is 1. The molecule has 2 atom stereocenters. The van der Waals surface area contributed by atoms with Crippen LogP contribution >= 0.6 is 0 Å². The number of aryl methyl sites for hydroxylation is 1. The lowest BCUT2D eigenvalue weighted by Crippen LogP contribution is -2.59. The van der Waals surface area contributed by atoms with Crippen LogP contribution in [-0.2, 0) is 19.1 Å². The van der Waals surface area contributed by atoms with Crippen molar-refractivity contribution in [3.8, 4) is 0 Å². The van der Waals surface area contributed by atoms with E-state index in [9.17, 15) is 19.2 Å². The number of carbonyl (C=O) groups excluding carboxylic acids is 4. The van der Waals surface area contributed by atoms with Crippen LogP contribution in [0.5, 0.6) is 0 Å². The van der Waals surface area contributed by atoms with E-state index in [1.807, 2.05) is 82.3 Å². The van der Waals surface area contributed by atoms with Crippen molar-refractivity contribution in [2.75, 3.05) is 5.32 Å². The normalized spacial score (nSPS) is 13.1. The van der Waals surface area contributed by atoms with Gasteiger partial charge in [-0.3, -0.25) is 14.4 Å². The van der Waals surface area contributed by atoms with Gasteiger partial charge in [-0.05, 0) is 82.0 Å². The van der Waals surface area contributed by atoms with Gasteiger partial charge in [0.2, 0.25) is 11.8 Å². The number of fused-ring (bicyclic) bond motifs is 1. The molecule has 0 bridgehead atoms. The first-order valence-electron chi connectivity index (χ1n) is 14.1. The lowest BCUT2D eigenvalue weighted by Gasteiger charge is -2.44. The Labute approximate surface area is 247 Å². The first-order chi connectivity index (χ1) is 19.6. The van der Waals surface area contributed by atoms with Gasteiger partial charge in [0.15, 0.2) is 0 Å². The van der Waals surface area contributed by atoms with Crippen LogP contribution in [-0.4, -0.2) is 45.9 Å². The van der Waals surface area contributed by atoms with Gasteiger partial charge >= 0.3 is 6.09 Å². The van der Waals surface area contributed by atoms with Gasteiger partial charge in [0.1, 0.15) is 17.7 Å². The van der Waals surface area contributed by atoms with Crippen LogP contribution in [0.15, 0.2) is 66.7 Å². The number of hydrogen-bond acceptors (Lipinski definition) is 5. The molecule has 0 aliphatic heterocycles. The van der Waals surface area contributed by atoms with Gasteiger partial charge in [-0.15, -0.1) is 0 Å². The Balaban J connectivity index is 2.12. The SMILES string of the molecule is CCC(C)(C)N(C(=O)C(CC(N)=O)NC(=O)OC(C)(C)C)C(C(=O)Nc1ccc2ccccc2c1)c1ccccc1C. The molecule has 3 rings (SSSR count). The van der Waals surface area contributed by atoms with Crippen molar-refractivity contribution in [1.82, 2.24) is 10.2 Å². The lowest BCUT2D eigenvalue weighted by molar-refractivity contribution is -0.148. The second-order valence-corrected chi connectivity index (χ2v) is 12.1. The third-order valence-electron chi connectivity index (χ3n) is 7.16. The number of nitrogens with one attached hydrogen (secondary N) is 2. The monoisotopic (exact) mass is 574 g/mol. The van der Waals surface area contributed by atoms with Crippen LogP contribution in [0.2, 0.25) is 0 Å². The van der Waals surface area contributed by atoms with Crippen LogP contribution in [0.3, 0.4) is 0 Å². The summed E-state index contributed by atoms with van der Waals surface area (Å²) in [6.07, 6.45) is -0.870. The summed E-state index contributed by atoms with van der Waals surface area (Å²) in [4.78, 5) is 54.9. The van der Waals surface area contributed by atoms with Crippen molar-refractivity contribution in [2.45, 2.75) is 84.5 Å². The number of amides is 4. The molecule has 3 aromatic rings. The minimum absolute atomic E-state index is 0.440. The number of benzene rings is 3. The zero-order valence-corrected chi connectivity index (χ0v) is 25.5. The summed E-state index contributed by atoms with van der Waals surface area (Å²) >= 11 is 0. The molecule has 4 amide bonds. The average molecular weight is 575 g/mol. The fourth-order valence-corrected chi connectivity index (χ4v) is 4.73. The Morgan fingerprint density at radius 1 is 0.905 bits per heavy atom. The molecule has 9 heteroatoms. The molecule has 0 aromatic heterocycles. The minimum atomic E-state index is -1.36. The Morgan fingerprint density at radius 2 is 1.52 bits per heavy atom. The number of nitrogens with two attached hydrogens (primary N) is 1. The number of anilines is 1. The summed E-state index contributed by atoms with van der Waals surface area (Å²) in [7, 11) is 0. The predicted molar refractivity (Wildman–Crippen MR) is 165 cm³/mol. The molecule has 0 aliphatic carbocycles. The summed E-state index contributed by atoms with van der Waals surface area (Å²) in [5.41, 5.74) is 5.78. The number of alkyl carbamates (subject to hydrolysis) is 1. The summed E-state index contributed by atoms with van der Waals surface area (Å²) < 4.78 is 5.37. The van der Waals surface area contributed by atoms with E-state index >= 15 is 0 Å². The van der Waals surface area contributed by atoms with E-state index in [0.29, 0.717) is 17.7 Å². The molecular formula is C33H42N4O5. The third kappa shape index (κ3) is 8.09. The largest absolute Gasteiger partial charge is 0.444 e. The summed E-state index contributed by atoms with van der Waals surface area (Å²) in [6.45, 7) is 12.5. The van der Waals surface area contributed by atoms with Crippen LogP contribution in [0.25, 0.3) is 10.8 Å². The van der Waals surface area contributed by atoms with Crippen LogP contribution in [0.1, 0.15) is 71.6 Å². The highest BCUT2D eigenvalue weighted by atomic mass is 16.6. The molecule has 42 heavy (non-hydrogen) atoms. The maximum absolute atomic E-state index is 14.4. The Hall–Kier alpha value is -4.40. The van der Waals surface area contributed by atoms with E-state index in [0.717, 1.165) is 16.3 Å². The zero-order valence-electron chi connectivity index (χ0n) is 25.5. The van der Waals surface area contributed by atoms with Gasteiger partial charge < -0.3 is 26.0 Å². The molecule has 4 N–H and O–H groups in total. The van der Waals surface area contributed by atoms with Gasteiger partial charge in [-0.2, -0.15) is 0 Å². The number of nitrogens with zero attached hydrogens (tertiary/aromatic N) is 1. The van der Waals surface area contributed by atoms with Gasteiger partial charge in [-0.1, -0.05) is 61.5 Å². The van der Waals surface area contributed by atoms with Crippen LogP contribution < -0.4 is 16.4 Å². The fourth-order valence-electron chi connectivity index (χ4n) is 4.73.